The number of carbonyl (C=O) groups is 1. The molecule has 1 saturated heterocycles. The van der Waals surface area contributed by atoms with Crippen LogP contribution in [0.4, 0.5) is 0 Å². The summed E-state index contributed by atoms with van der Waals surface area (Å²) in [7, 11) is 0. The van der Waals surface area contributed by atoms with Gasteiger partial charge in [0.05, 0.1) is 6.04 Å². The van der Waals surface area contributed by atoms with Gasteiger partial charge in [0.25, 0.3) is 5.91 Å². The van der Waals surface area contributed by atoms with Crippen LogP contribution in [0.3, 0.4) is 0 Å². The van der Waals surface area contributed by atoms with Crippen molar-refractivity contribution in [3.05, 3.63) is 108 Å². The normalized spacial score (nSPS) is 16.1. The SMILES string of the molecule is NC(CNC(=O)c1ccccc1)CC1CCN(C(c2ccccc2)c2ccccc2)CC1. The zero-order valence-electron chi connectivity index (χ0n) is 18.6. The van der Waals surface area contributed by atoms with Crippen molar-refractivity contribution in [1.82, 2.24) is 10.2 Å². The van der Waals surface area contributed by atoms with Crippen LogP contribution >= 0.6 is 0 Å². The first-order valence-corrected chi connectivity index (χ1v) is 11.6. The fraction of sp³-hybridized carbons (Fsp3) is 0.321. The van der Waals surface area contributed by atoms with Crippen LogP contribution in [0.25, 0.3) is 0 Å². The van der Waals surface area contributed by atoms with Gasteiger partial charge >= 0.3 is 0 Å². The monoisotopic (exact) mass is 427 g/mol. The number of piperidine rings is 1. The van der Waals surface area contributed by atoms with Gasteiger partial charge in [-0.25, -0.2) is 0 Å². The third-order valence-corrected chi connectivity index (χ3v) is 6.44. The van der Waals surface area contributed by atoms with Crippen LogP contribution in [-0.2, 0) is 0 Å². The predicted molar refractivity (Wildman–Crippen MR) is 130 cm³/mol. The Morgan fingerprint density at radius 2 is 1.34 bits per heavy atom. The fourth-order valence-corrected chi connectivity index (χ4v) is 4.76. The molecule has 1 aliphatic heterocycles. The molecule has 3 aromatic carbocycles. The molecule has 1 heterocycles. The lowest BCUT2D eigenvalue weighted by Crippen LogP contribution is -2.41. The van der Waals surface area contributed by atoms with Gasteiger partial charge in [-0.15, -0.1) is 0 Å². The minimum Gasteiger partial charge on any atom is -0.350 e. The zero-order valence-corrected chi connectivity index (χ0v) is 18.6. The van der Waals surface area contributed by atoms with Gasteiger partial charge in [0.1, 0.15) is 0 Å². The Labute approximate surface area is 191 Å². The Balaban J connectivity index is 1.30. The highest BCUT2D eigenvalue weighted by Gasteiger charge is 2.28. The van der Waals surface area contributed by atoms with Crippen molar-refractivity contribution in [3.63, 3.8) is 0 Å². The highest BCUT2D eigenvalue weighted by molar-refractivity contribution is 5.94. The van der Waals surface area contributed by atoms with Crippen LogP contribution in [0.5, 0.6) is 0 Å². The van der Waals surface area contributed by atoms with E-state index >= 15 is 0 Å². The first-order valence-electron chi connectivity index (χ1n) is 11.6. The van der Waals surface area contributed by atoms with E-state index in [2.05, 4.69) is 70.9 Å². The number of carbonyl (C=O) groups excluding carboxylic acids is 1. The van der Waals surface area contributed by atoms with Gasteiger partial charge < -0.3 is 11.1 Å². The van der Waals surface area contributed by atoms with Crippen molar-refractivity contribution in [1.29, 1.82) is 0 Å². The minimum absolute atomic E-state index is 0.0155. The second-order valence-electron chi connectivity index (χ2n) is 8.78. The first-order chi connectivity index (χ1) is 15.7. The van der Waals surface area contributed by atoms with Gasteiger partial charge in [0, 0.05) is 18.2 Å². The van der Waals surface area contributed by atoms with E-state index in [-0.39, 0.29) is 18.0 Å². The highest BCUT2D eigenvalue weighted by atomic mass is 16.1. The molecule has 1 unspecified atom stereocenters. The molecule has 4 heteroatoms. The minimum atomic E-state index is -0.0515. The molecular formula is C28H33N3O. The summed E-state index contributed by atoms with van der Waals surface area (Å²) in [5, 5.41) is 2.98. The standard InChI is InChI=1S/C28H33N3O/c29-26(21-30-28(32)25-14-8-3-9-15-25)20-22-16-18-31(19-17-22)27(23-10-4-1-5-11-23)24-12-6-2-7-13-24/h1-15,22,26-27H,16-21,29H2,(H,30,32). The summed E-state index contributed by atoms with van der Waals surface area (Å²) < 4.78 is 0. The van der Waals surface area contributed by atoms with Crippen LogP contribution in [0.15, 0.2) is 91.0 Å². The van der Waals surface area contributed by atoms with E-state index in [4.69, 9.17) is 5.73 Å². The van der Waals surface area contributed by atoms with Crippen LogP contribution in [0, 0.1) is 5.92 Å². The third kappa shape index (κ3) is 5.84. The number of nitrogens with two attached hydrogens (primary N) is 1. The summed E-state index contributed by atoms with van der Waals surface area (Å²) in [6.45, 7) is 2.63. The molecule has 0 saturated carbocycles. The molecule has 1 amide bonds. The molecule has 0 spiro atoms. The molecule has 4 rings (SSSR count). The van der Waals surface area contributed by atoms with Crippen LogP contribution < -0.4 is 11.1 Å². The number of hydrogen-bond donors (Lipinski definition) is 2. The van der Waals surface area contributed by atoms with Crippen LogP contribution in [0.1, 0.15) is 46.8 Å². The number of nitrogens with zero attached hydrogens (tertiary/aromatic N) is 1. The quantitative estimate of drug-likeness (QED) is 0.551. The Kier molecular flexibility index (Phi) is 7.70. The molecule has 4 nitrogen and oxygen atoms in total. The highest BCUT2D eigenvalue weighted by Crippen LogP contribution is 2.33. The Morgan fingerprint density at radius 3 is 1.88 bits per heavy atom. The van der Waals surface area contributed by atoms with Crippen molar-refractivity contribution < 1.29 is 4.79 Å². The van der Waals surface area contributed by atoms with Crippen molar-refractivity contribution in [3.8, 4) is 0 Å². The third-order valence-electron chi connectivity index (χ3n) is 6.44. The van der Waals surface area contributed by atoms with E-state index in [9.17, 15) is 4.79 Å². The maximum Gasteiger partial charge on any atom is 0.251 e. The average Bonchev–Trinajstić information content (AvgIpc) is 2.86. The van der Waals surface area contributed by atoms with Crippen molar-refractivity contribution in [2.45, 2.75) is 31.3 Å². The number of benzene rings is 3. The number of amides is 1. The molecule has 0 aliphatic carbocycles. The Bertz CT molecular complexity index is 914. The molecule has 1 atom stereocenters. The molecule has 32 heavy (non-hydrogen) atoms. The second-order valence-corrected chi connectivity index (χ2v) is 8.78. The Morgan fingerprint density at radius 1 is 0.844 bits per heavy atom. The smallest absolute Gasteiger partial charge is 0.251 e. The lowest BCUT2D eigenvalue weighted by molar-refractivity contribution is 0.0947. The van der Waals surface area contributed by atoms with Gasteiger partial charge in [0.2, 0.25) is 0 Å². The van der Waals surface area contributed by atoms with Gasteiger partial charge in [-0.1, -0.05) is 78.9 Å². The topological polar surface area (TPSA) is 58.4 Å². The van der Waals surface area contributed by atoms with E-state index in [0.717, 1.165) is 32.4 Å². The lowest BCUT2D eigenvalue weighted by atomic mass is 9.88. The number of nitrogens with one attached hydrogen (secondary N) is 1. The fourth-order valence-electron chi connectivity index (χ4n) is 4.76. The van der Waals surface area contributed by atoms with Crippen molar-refractivity contribution >= 4 is 5.91 Å². The maximum atomic E-state index is 12.3. The average molecular weight is 428 g/mol. The van der Waals surface area contributed by atoms with E-state index in [1.165, 1.54) is 11.1 Å². The van der Waals surface area contributed by atoms with E-state index < -0.39 is 0 Å². The summed E-state index contributed by atoms with van der Waals surface area (Å²) in [6, 6.07) is 31.2. The molecule has 0 bridgehead atoms. The Hall–Kier alpha value is -2.95. The molecule has 3 aromatic rings. The van der Waals surface area contributed by atoms with E-state index in [1.807, 2.05) is 30.3 Å². The lowest BCUT2D eigenvalue weighted by Gasteiger charge is -2.38. The van der Waals surface area contributed by atoms with Gasteiger partial charge in [-0.2, -0.15) is 0 Å². The molecule has 0 radical (unpaired) electrons. The summed E-state index contributed by atoms with van der Waals surface area (Å²) >= 11 is 0. The number of likely N-dealkylation sites (tertiary alicyclic amines) is 1. The van der Waals surface area contributed by atoms with Gasteiger partial charge in [0.15, 0.2) is 0 Å². The van der Waals surface area contributed by atoms with E-state index in [0.29, 0.717) is 18.0 Å². The number of rotatable bonds is 8. The van der Waals surface area contributed by atoms with E-state index in [1.54, 1.807) is 0 Å². The maximum absolute atomic E-state index is 12.3. The zero-order chi connectivity index (χ0) is 22.2. The number of hydrogen-bond acceptors (Lipinski definition) is 3. The molecular weight excluding hydrogens is 394 g/mol. The summed E-state index contributed by atoms with van der Waals surface area (Å²) in [4.78, 5) is 14.9. The van der Waals surface area contributed by atoms with Crippen LogP contribution in [-0.4, -0.2) is 36.5 Å². The van der Waals surface area contributed by atoms with Gasteiger partial charge in [-0.05, 0) is 61.5 Å². The predicted octanol–water partition coefficient (Wildman–Crippen LogP) is 4.64. The second kappa shape index (κ2) is 11.1. The van der Waals surface area contributed by atoms with Gasteiger partial charge in [-0.3, -0.25) is 9.69 Å². The molecule has 0 aromatic heterocycles. The molecule has 1 aliphatic rings. The summed E-state index contributed by atoms with van der Waals surface area (Å²) in [6.07, 6.45) is 3.22. The first kappa shape index (κ1) is 22.3. The summed E-state index contributed by atoms with van der Waals surface area (Å²) in [5.74, 6) is 0.548. The van der Waals surface area contributed by atoms with Crippen molar-refractivity contribution in [2.75, 3.05) is 19.6 Å². The largest absolute Gasteiger partial charge is 0.350 e. The summed E-state index contributed by atoms with van der Waals surface area (Å²) in [5.41, 5.74) is 9.75. The van der Waals surface area contributed by atoms with Crippen LogP contribution in [0.2, 0.25) is 0 Å². The molecule has 166 valence electrons. The molecule has 1 fully saturated rings. The van der Waals surface area contributed by atoms with Crippen molar-refractivity contribution in [2.24, 2.45) is 11.7 Å². The molecule has 3 N–H and O–H groups in total.